The van der Waals surface area contributed by atoms with E-state index in [0.717, 1.165) is 5.56 Å². The fourth-order valence-electron chi connectivity index (χ4n) is 4.08. The van der Waals surface area contributed by atoms with E-state index in [-0.39, 0.29) is 30.0 Å². The van der Waals surface area contributed by atoms with E-state index in [1.807, 2.05) is 49.4 Å². The molecule has 1 aliphatic rings. The highest BCUT2D eigenvalue weighted by Gasteiger charge is 2.38. The van der Waals surface area contributed by atoms with Gasteiger partial charge in [-0.15, -0.1) is 0 Å². The standard InChI is InChI=1S/C30H30N2O6/c1-4-5-6-10-18-37-29(33)26-21(2)31-22(3)27(28(26)24-16-11-17-25(20-24)32(35)36)30(34)38-19-12-15-23-13-8-7-9-14-23/h4-17,20,28,31H,18-19H2,1-3H3/b5-4+,10-6+,15-12+. The first-order valence-corrected chi connectivity index (χ1v) is 12.1. The van der Waals surface area contributed by atoms with E-state index in [1.165, 1.54) is 18.2 Å². The summed E-state index contributed by atoms with van der Waals surface area (Å²) in [6, 6.07) is 15.5. The van der Waals surface area contributed by atoms with Gasteiger partial charge in [-0.25, -0.2) is 9.59 Å². The van der Waals surface area contributed by atoms with Gasteiger partial charge in [0.25, 0.3) is 5.69 Å². The molecule has 0 radical (unpaired) electrons. The predicted octanol–water partition coefficient (Wildman–Crippen LogP) is 5.76. The van der Waals surface area contributed by atoms with Crippen molar-refractivity contribution in [2.24, 2.45) is 0 Å². The number of non-ortho nitro benzene ring substituents is 1. The highest BCUT2D eigenvalue weighted by Crippen LogP contribution is 2.40. The molecule has 0 saturated heterocycles. The zero-order chi connectivity index (χ0) is 27.5. The molecule has 3 rings (SSSR count). The van der Waals surface area contributed by atoms with Gasteiger partial charge in [-0.3, -0.25) is 10.1 Å². The van der Waals surface area contributed by atoms with Crippen LogP contribution in [-0.4, -0.2) is 30.1 Å². The van der Waals surface area contributed by atoms with Crippen molar-refractivity contribution >= 4 is 23.7 Å². The average molecular weight is 515 g/mol. The maximum absolute atomic E-state index is 13.3. The normalized spacial score (nSPS) is 15.8. The van der Waals surface area contributed by atoms with Crippen LogP contribution >= 0.6 is 0 Å². The summed E-state index contributed by atoms with van der Waals surface area (Å²) in [6.45, 7) is 5.30. The van der Waals surface area contributed by atoms with Crippen molar-refractivity contribution in [3.8, 4) is 0 Å². The molecule has 1 unspecified atom stereocenters. The lowest BCUT2D eigenvalue weighted by Crippen LogP contribution is -2.32. The lowest BCUT2D eigenvalue weighted by Gasteiger charge is -2.30. The van der Waals surface area contributed by atoms with Gasteiger partial charge < -0.3 is 14.8 Å². The number of allylic oxidation sites excluding steroid dienone is 5. The number of benzene rings is 2. The molecule has 2 aromatic carbocycles. The van der Waals surface area contributed by atoms with E-state index in [4.69, 9.17) is 9.47 Å². The second-order valence-electron chi connectivity index (χ2n) is 8.45. The van der Waals surface area contributed by atoms with Gasteiger partial charge in [-0.1, -0.05) is 66.8 Å². The molecule has 8 nitrogen and oxygen atoms in total. The Morgan fingerprint density at radius 1 is 0.921 bits per heavy atom. The topological polar surface area (TPSA) is 108 Å². The predicted molar refractivity (Wildman–Crippen MR) is 146 cm³/mol. The molecule has 0 aromatic heterocycles. The number of hydrogen-bond donors (Lipinski definition) is 1. The number of carbonyl (C=O) groups is 2. The quantitative estimate of drug-likeness (QED) is 0.186. The monoisotopic (exact) mass is 514 g/mol. The van der Waals surface area contributed by atoms with Crippen LogP contribution in [0.4, 0.5) is 5.69 Å². The molecule has 8 heteroatoms. The van der Waals surface area contributed by atoms with Crippen LogP contribution in [0.25, 0.3) is 6.08 Å². The Bertz CT molecular complexity index is 1340. The summed E-state index contributed by atoms with van der Waals surface area (Å²) in [4.78, 5) is 37.6. The molecular weight excluding hydrogens is 484 g/mol. The number of nitro groups is 1. The number of ether oxygens (including phenoxy) is 2. The fourth-order valence-corrected chi connectivity index (χ4v) is 4.08. The van der Waals surface area contributed by atoms with Crippen LogP contribution in [0, 0.1) is 10.1 Å². The average Bonchev–Trinajstić information content (AvgIpc) is 2.91. The maximum atomic E-state index is 13.3. The second kappa shape index (κ2) is 13.5. The molecule has 1 heterocycles. The number of carbonyl (C=O) groups excluding carboxylic acids is 2. The van der Waals surface area contributed by atoms with E-state index < -0.39 is 22.8 Å². The second-order valence-corrected chi connectivity index (χ2v) is 8.45. The third kappa shape index (κ3) is 7.16. The highest BCUT2D eigenvalue weighted by molar-refractivity contribution is 6.00. The number of nitrogens with one attached hydrogen (secondary N) is 1. The molecule has 0 aliphatic carbocycles. The third-order valence-electron chi connectivity index (χ3n) is 5.79. The molecule has 0 fully saturated rings. The van der Waals surface area contributed by atoms with Crippen LogP contribution in [0.3, 0.4) is 0 Å². The van der Waals surface area contributed by atoms with Crippen LogP contribution in [0.5, 0.6) is 0 Å². The van der Waals surface area contributed by atoms with Crippen LogP contribution < -0.4 is 5.32 Å². The number of nitro benzene ring substituents is 1. The van der Waals surface area contributed by atoms with E-state index in [9.17, 15) is 19.7 Å². The molecule has 0 amide bonds. The van der Waals surface area contributed by atoms with E-state index >= 15 is 0 Å². The van der Waals surface area contributed by atoms with Crippen molar-refractivity contribution in [1.29, 1.82) is 0 Å². The van der Waals surface area contributed by atoms with Crippen molar-refractivity contribution in [3.05, 3.63) is 129 Å². The molecule has 0 spiro atoms. The Balaban J connectivity index is 1.93. The van der Waals surface area contributed by atoms with Crippen molar-refractivity contribution in [3.63, 3.8) is 0 Å². The summed E-state index contributed by atoms with van der Waals surface area (Å²) < 4.78 is 11.0. The minimum atomic E-state index is -0.922. The van der Waals surface area contributed by atoms with Gasteiger partial charge in [0.15, 0.2) is 0 Å². The molecule has 38 heavy (non-hydrogen) atoms. The van der Waals surface area contributed by atoms with Crippen molar-refractivity contribution < 1.29 is 24.0 Å². The summed E-state index contributed by atoms with van der Waals surface area (Å²) in [5.41, 5.74) is 2.55. The first-order chi connectivity index (χ1) is 18.3. The Morgan fingerprint density at radius 3 is 2.16 bits per heavy atom. The number of hydrogen-bond acceptors (Lipinski definition) is 7. The lowest BCUT2D eigenvalue weighted by atomic mass is 9.80. The summed E-state index contributed by atoms with van der Waals surface area (Å²) in [5, 5.41) is 14.6. The van der Waals surface area contributed by atoms with Crippen LogP contribution in [0.1, 0.15) is 37.8 Å². The van der Waals surface area contributed by atoms with Gasteiger partial charge in [0.1, 0.15) is 13.2 Å². The summed E-state index contributed by atoms with van der Waals surface area (Å²) in [6.07, 6.45) is 10.6. The lowest BCUT2D eigenvalue weighted by molar-refractivity contribution is -0.384. The number of dihydropyridines is 1. The van der Waals surface area contributed by atoms with Crippen LogP contribution in [0.2, 0.25) is 0 Å². The number of nitrogens with zero attached hydrogens (tertiary/aromatic N) is 1. The first-order valence-electron chi connectivity index (χ1n) is 12.1. The van der Waals surface area contributed by atoms with Crippen molar-refractivity contribution in [1.82, 2.24) is 5.32 Å². The van der Waals surface area contributed by atoms with Gasteiger partial charge in [0.2, 0.25) is 0 Å². The molecule has 196 valence electrons. The smallest absolute Gasteiger partial charge is 0.337 e. The summed E-state index contributed by atoms with van der Waals surface area (Å²) in [7, 11) is 0. The van der Waals surface area contributed by atoms with Crippen molar-refractivity contribution in [2.45, 2.75) is 26.7 Å². The molecule has 2 aromatic rings. The Morgan fingerprint density at radius 2 is 1.55 bits per heavy atom. The van der Waals surface area contributed by atoms with Gasteiger partial charge in [0.05, 0.1) is 22.0 Å². The molecule has 0 bridgehead atoms. The Hall–Kier alpha value is -4.72. The minimum Gasteiger partial charge on any atom is -0.458 e. The number of esters is 2. The molecule has 0 saturated carbocycles. The Kier molecular flexibility index (Phi) is 9.93. The first kappa shape index (κ1) is 27.9. The molecular formula is C30H30N2O6. The zero-order valence-corrected chi connectivity index (χ0v) is 21.5. The van der Waals surface area contributed by atoms with Gasteiger partial charge in [-0.2, -0.15) is 0 Å². The number of rotatable bonds is 10. The SMILES string of the molecule is C/C=C/C=C/COC(=O)C1=C(C)NC(C)=C(C(=O)OC/C=C/c2ccccc2)C1c1cccc([N+](=O)[O-])c1. The summed E-state index contributed by atoms with van der Waals surface area (Å²) in [5.74, 6) is -2.21. The fraction of sp³-hybridized carbons (Fsp3) is 0.200. The minimum absolute atomic E-state index is 0.00435. The van der Waals surface area contributed by atoms with E-state index in [2.05, 4.69) is 5.32 Å². The van der Waals surface area contributed by atoms with Crippen molar-refractivity contribution in [2.75, 3.05) is 13.2 Å². The Labute approximate surface area is 221 Å². The third-order valence-corrected chi connectivity index (χ3v) is 5.79. The molecule has 1 atom stereocenters. The molecule has 1 N–H and O–H groups in total. The van der Waals surface area contributed by atoms with Crippen LogP contribution in [0.15, 0.2) is 108 Å². The summed E-state index contributed by atoms with van der Waals surface area (Å²) >= 11 is 0. The molecule has 1 aliphatic heterocycles. The van der Waals surface area contributed by atoms with Crippen LogP contribution in [-0.2, 0) is 19.1 Å². The van der Waals surface area contributed by atoms with Gasteiger partial charge >= 0.3 is 11.9 Å². The zero-order valence-electron chi connectivity index (χ0n) is 21.5. The van der Waals surface area contributed by atoms with E-state index in [1.54, 1.807) is 44.2 Å². The van der Waals surface area contributed by atoms with Gasteiger partial charge in [-0.05, 0) is 44.1 Å². The maximum Gasteiger partial charge on any atom is 0.337 e. The van der Waals surface area contributed by atoms with E-state index in [0.29, 0.717) is 17.0 Å². The van der Waals surface area contributed by atoms with Gasteiger partial charge in [0, 0.05) is 23.5 Å². The highest BCUT2D eigenvalue weighted by atomic mass is 16.6. The largest absolute Gasteiger partial charge is 0.458 e.